The molecular weight excluding hydrogens is 502 g/mol. The van der Waals surface area contributed by atoms with Crippen LogP contribution in [0.4, 0.5) is 17.1 Å². The smallest absolute Gasteiger partial charge is 0.284 e. The van der Waals surface area contributed by atoms with E-state index in [1.807, 2.05) is 0 Å². The molecule has 0 atom stereocenters. The molecule has 5 aromatic rings. The zero-order valence-corrected chi connectivity index (χ0v) is 20.7. The fraction of sp³-hybridized carbons (Fsp3) is 0.0690. The summed E-state index contributed by atoms with van der Waals surface area (Å²) in [5.41, 5.74) is 0.910. The number of carbonyl (C=O) groups is 1. The van der Waals surface area contributed by atoms with E-state index in [2.05, 4.69) is 62.4 Å². The minimum Gasteiger partial charge on any atom is -0.289 e. The molecule has 192 valence electrons. The molecule has 0 radical (unpaired) electrons. The molecule has 0 heterocycles. The number of nitro groups is 3. The third-order valence-corrected chi connectivity index (χ3v) is 6.63. The molecule has 0 bridgehead atoms. The van der Waals surface area contributed by atoms with Crippen molar-refractivity contribution in [1.29, 1.82) is 0 Å². The molecule has 0 saturated heterocycles. The highest BCUT2D eigenvalue weighted by Gasteiger charge is 2.36. The van der Waals surface area contributed by atoms with Crippen molar-refractivity contribution in [2.24, 2.45) is 0 Å². The zero-order valence-electron chi connectivity index (χ0n) is 20.7. The first-order valence-electron chi connectivity index (χ1n) is 11.7. The average molecular weight is 521 g/mol. The van der Waals surface area contributed by atoms with Gasteiger partial charge in [0.1, 0.15) is 0 Å². The van der Waals surface area contributed by atoms with E-state index in [0.29, 0.717) is 0 Å². The summed E-state index contributed by atoms with van der Waals surface area (Å²) in [6.45, 7) is 4.28. The van der Waals surface area contributed by atoms with Crippen LogP contribution in [0.1, 0.15) is 27.0 Å². The van der Waals surface area contributed by atoms with Crippen LogP contribution in [-0.4, -0.2) is 20.6 Å². The van der Waals surface area contributed by atoms with E-state index in [1.165, 1.54) is 38.7 Å². The number of benzene rings is 5. The van der Waals surface area contributed by atoms with Gasteiger partial charge in [-0.25, -0.2) is 0 Å². The fourth-order valence-electron chi connectivity index (χ4n) is 4.83. The zero-order chi connectivity index (χ0) is 28.0. The van der Waals surface area contributed by atoms with Crippen molar-refractivity contribution in [3.63, 3.8) is 0 Å². The minimum atomic E-state index is -0.841. The third kappa shape index (κ3) is 4.44. The third-order valence-electron chi connectivity index (χ3n) is 6.63. The Hall–Kier alpha value is -5.51. The topological polar surface area (TPSA) is 146 Å². The van der Waals surface area contributed by atoms with Crippen LogP contribution in [0.3, 0.4) is 0 Å². The summed E-state index contributed by atoms with van der Waals surface area (Å²) in [6.07, 6.45) is 0. The second-order valence-corrected chi connectivity index (χ2v) is 9.23. The van der Waals surface area contributed by atoms with Gasteiger partial charge in [-0.2, -0.15) is 0 Å². The molecule has 5 aromatic carbocycles. The van der Waals surface area contributed by atoms with Crippen LogP contribution < -0.4 is 0 Å². The Morgan fingerprint density at radius 1 is 0.538 bits per heavy atom. The number of nitro benzene ring substituents is 3. The van der Waals surface area contributed by atoms with Gasteiger partial charge in [0.15, 0.2) is 5.78 Å². The van der Waals surface area contributed by atoms with Crippen molar-refractivity contribution < 1.29 is 19.6 Å². The maximum Gasteiger partial charge on any atom is 0.284 e. The fourth-order valence-corrected chi connectivity index (χ4v) is 4.83. The lowest BCUT2D eigenvalue weighted by atomic mass is 9.99. The highest BCUT2D eigenvalue weighted by atomic mass is 16.6. The van der Waals surface area contributed by atoms with Crippen LogP contribution >= 0.6 is 0 Å². The number of ketones is 1. The molecule has 1 aliphatic rings. The molecule has 39 heavy (non-hydrogen) atoms. The highest BCUT2D eigenvalue weighted by molar-refractivity contribution is 6.23. The monoisotopic (exact) mass is 521 g/mol. The average Bonchev–Trinajstić information content (AvgIpc) is 3.19. The number of aryl methyl sites for hydroxylation is 2. The second-order valence-electron chi connectivity index (χ2n) is 9.23. The number of rotatable bonds is 3. The minimum absolute atomic E-state index is 0.0597. The van der Waals surface area contributed by atoms with Gasteiger partial charge < -0.3 is 0 Å². The van der Waals surface area contributed by atoms with E-state index in [1.54, 1.807) is 0 Å². The molecule has 1 aliphatic carbocycles. The highest BCUT2D eigenvalue weighted by Crippen LogP contribution is 2.45. The summed E-state index contributed by atoms with van der Waals surface area (Å²) in [7, 11) is 0. The Morgan fingerprint density at radius 2 is 1.08 bits per heavy atom. The van der Waals surface area contributed by atoms with E-state index in [0.717, 1.165) is 24.3 Å². The number of nitrogens with zero attached hydrogens (tertiary/aromatic N) is 3. The molecule has 0 aliphatic heterocycles. The molecule has 0 aromatic heterocycles. The Bertz CT molecular complexity index is 1840. The first kappa shape index (κ1) is 25.2. The van der Waals surface area contributed by atoms with Crippen LogP contribution in [0.25, 0.3) is 32.7 Å². The van der Waals surface area contributed by atoms with Crippen LogP contribution in [0.2, 0.25) is 0 Å². The molecule has 0 amide bonds. The lowest BCUT2D eigenvalue weighted by Crippen LogP contribution is -2.00. The molecule has 0 unspecified atom stereocenters. The maximum atomic E-state index is 12.3. The molecule has 10 nitrogen and oxygen atoms in total. The molecule has 0 saturated carbocycles. The largest absolute Gasteiger partial charge is 0.289 e. The van der Waals surface area contributed by atoms with E-state index in [4.69, 9.17) is 0 Å². The summed E-state index contributed by atoms with van der Waals surface area (Å²) >= 11 is 0. The lowest BCUT2D eigenvalue weighted by molar-refractivity contribution is -0.393. The van der Waals surface area contributed by atoms with Gasteiger partial charge in [-0.05, 0) is 41.5 Å². The predicted octanol–water partition coefficient (Wildman–Crippen LogP) is 7.23. The van der Waals surface area contributed by atoms with Gasteiger partial charge in [0.25, 0.3) is 17.1 Å². The molecule has 0 N–H and O–H groups in total. The van der Waals surface area contributed by atoms with Crippen LogP contribution in [0.15, 0.2) is 78.9 Å². The van der Waals surface area contributed by atoms with Crippen molar-refractivity contribution in [3.05, 3.63) is 131 Å². The van der Waals surface area contributed by atoms with E-state index >= 15 is 0 Å². The molecule has 0 fully saturated rings. The normalized spacial score (nSPS) is 11.5. The van der Waals surface area contributed by atoms with Crippen molar-refractivity contribution in [1.82, 2.24) is 0 Å². The SMILES string of the molecule is Cc1ccc2c(ccc3cc(C)ccc32)c1.O=C1c2cc([N+](=O)[O-])ccc2-c2c1cc([N+](=O)[O-])cc2[N+](=O)[O-]. The number of carbonyl (C=O) groups excluding carboxylic acids is 1. The van der Waals surface area contributed by atoms with E-state index in [9.17, 15) is 35.1 Å². The first-order valence-corrected chi connectivity index (χ1v) is 11.7. The van der Waals surface area contributed by atoms with Crippen LogP contribution in [-0.2, 0) is 0 Å². The number of non-ortho nitro benzene ring substituents is 2. The molecule has 10 heteroatoms. The van der Waals surface area contributed by atoms with Gasteiger partial charge in [-0.1, -0.05) is 59.7 Å². The standard InChI is InChI=1S/C16H14.C13H5N3O7/c1-11-3-7-15-13(9-11)5-6-14-10-12(2)4-8-16(14)15;17-13-9-3-6(14(18)19)1-2-8(9)12-10(13)4-7(15(20)21)5-11(12)16(22)23/h3-10H,1-2H3;1-5H. The predicted molar refractivity (Wildman–Crippen MR) is 146 cm³/mol. The number of fused-ring (bicyclic) bond motifs is 6. The number of hydrogen-bond acceptors (Lipinski definition) is 7. The summed E-state index contributed by atoms with van der Waals surface area (Å²) in [6, 6.07) is 22.8. The molecule has 0 spiro atoms. The Morgan fingerprint density at radius 3 is 1.59 bits per heavy atom. The first-order chi connectivity index (χ1) is 18.5. The molecular formula is C29H19N3O7. The van der Waals surface area contributed by atoms with Gasteiger partial charge >= 0.3 is 0 Å². The van der Waals surface area contributed by atoms with Gasteiger partial charge in [0.05, 0.1) is 26.4 Å². The summed E-state index contributed by atoms with van der Waals surface area (Å²) in [4.78, 5) is 42.8. The Balaban J connectivity index is 0.000000168. The summed E-state index contributed by atoms with van der Waals surface area (Å²) < 4.78 is 0. The van der Waals surface area contributed by atoms with Crippen LogP contribution in [0, 0.1) is 44.2 Å². The lowest BCUT2D eigenvalue weighted by Gasteiger charge is -2.05. The summed E-state index contributed by atoms with van der Waals surface area (Å²) in [5.74, 6) is -0.717. The van der Waals surface area contributed by atoms with Gasteiger partial charge in [0.2, 0.25) is 0 Å². The Labute approximate surface area is 220 Å². The second kappa shape index (κ2) is 9.42. The van der Waals surface area contributed by atoms with Crippen molar-refractivity contribution in [2.45, 2.75) is 13.8 Å². The van der Waals surface area contributed by atoms with E-state index < -0.39 is 31.9 Å². The van der Waals surface area contributed by atoms with Gasteiger partial charge in [0, 0.05) is 34.9 Å². The van der Waals surface area contributed by atoms with E-state index in [-0.39, 0.29) is 27.9 Å². The van der Waals surface area contributed by atoms with Gasteiger partial charge in [-0.15, -0.1) is 0 Å². The number of hydrogen-bond donors (Lipinski definition) is 0. The van der Waals surface area contributed by atoms with Crippen molar-refractivity contribution >= 4 is 44.4 Å². The van der Waals surface area contributed by atoms with Crippen LogP contribution in [0.5, 0.6) is 0 Å². The quantitative estimate of drug-likeness (QED) is 0.135. The van der Waals surface area contributed by atoms with Crippen molar-refractivity contribution in [2.75, 3.05) is 0 Å². The van der Waals surface area contributed by atoms with Crippen molar-refractivity contribution in [3.8, 4) is 11.1 Å². The molecule has 6 rings (SSSR count). The van der Waals surface area contributed by atoms with Gasteiger partial charge in [-0.3, -0.25) is 35.1 Å². The Kier molecular flexibility index (Phi) is 6.07. The maximum absolute atomic E-state index is 12.3. The summed E-state index contributed by atoms with van der Waals surface area (Å²) in [5, 5.41) is 38.2.